The van der Waals surface area contributed by atoms with Gasteiger partial charge in [-0.2, -0.15) is 0 Å². The number of benzene rings is 2. The first-order valence-electron chi connectivity index (χ1n) is 12.1. The van der Waals surface area contributed by atoms with Crippen LogP contribution in [0.1, 0.15) is 18.9 Å². The summed E-state index contributed by atoms with van der Waals surface area (Å²) < 4.78 is 10.5. The smallest absolute Gasteiger partial charge is 0.255 e. The molecule has 2 aromatic rings. The molecule has 4 rings (SSSR count). The van der Waals surface area contributed by atoms with Crippen molar-refractivity contribution >= 4 is 23.6 Å². The fraction of sp³-hybridized carbons (Fsp3) is 0.407. The topological polar surface area (TPSA) is 96.5 Å². The summed E-state index contributed by atoms with van der Waals surface area (Å²) in [6, 6.07) is 14.7. The summed E-state index contributed by atoms with van der Waals surface area (Å²) in [6.45, 7) is 2.48. The van der Waals surface area contributed by atoms with Gasteiger partial charge >= 0.3 is 0 Å². The van der Waals surface area contributed by atoms with E-state index in [1.807, 2.05) is 55.5 Å². The molecule has 9 nitrogen and oxygen atoms in total. The number of hydrogen-bond donors (Lipinski definition) is 0. The quantitative estimate of drug-likeness (QED) is 0.520. The number of nitrogens with zero attached hydrogens (tertiary/aromatic N) is 3. The van der Waals surface area contributed by atoms with Gasteiger partial charge in [0.15, 0.2) is 0 Å². The van der Waals surface area contributed by atoms with Gasteiger partial charge in [-0.15, -0.1) is 0 Å². The number of morpholine rings is 1. The van der Waals surface area contributed by atoms with Gasteiger partial charge in [-0.25, -0.2) is 0 Å². The first-order valence-corrected chi connectivity index (χ1v) is 12.1. The minimum Gasteiger partial charge on any atom is -0.496 e. The van der Waals surface area contributed by atoms with Crippen molar-refractivity contribution in [2.24, 2.45) is 0 Å². The maximum Gasteiger partial charge on any atom is 0.255 e. The van der Waals surface area contributed by atoms with Gasteiger partial charge in [0, 0.05) is 31.6 Å². The molecule has 2 aliphatic heterocycles. The van der Waals surface area contributed by atoms with E-state index >= 15 is 0 Å². The number of hydrogen-bond acceptors (Lipinski definition) is 6. The van der Waals surface area contributed by atoms with E-state index in [0.717, 1.165) is 28.0 Å². The molecule has 1 atom stereocenters. The second-order valence-corrected chi connectivity index (χ2v) is 8.86. The van der Waals surface area contributed by atoms with Crippen LogP contribution in [0.3, 0.4) is 0 Å². The maximum atomic E-state index is 13.6. The third kappa shape index (κ3) is 5.26. The number of rotatable bonds is 8. The fourth-order valence-electron chi connectivity index (χ4n) is 4.79. The van der Waals surface area contributed by atoms with Gasteiger partial charge in [0.1, 0.15) is 31.5 Å². The number of para-hydroxylation sites is 1. The molecule has 2 fully saturated rings. The number of amides is 4. The molecule has 0 radical (unpaired) electrons. The molecule has 0 bridgehead atoms. The molecule has 0 aromatic heterocycles. The van der Waals surface area contributed by atoms with E-state index in [-0.39, 0.29) is 19.1 Å². The minimum atomic E-state index is -0.750. The number of imide groups is 1. The highest BCUT2D eigenvalue weighted by molar-refractivity contribution is 6.02. The number of piperazine rings is 1. The average Bonchev–Trinajstić information content (AvgIpc) is 2.89. The molecule has 190 valence electrons. The molecule has 2 aliphatic rings. The van der Waals surface area contributed by atoms with E-state index in [1.165, 1.54) is 4.90 Å². The Morgan fingerprint density at radius 3 is 2.33 bits per heavy atom. The van der Waals surface area contributed by atoms with E-state index < -0.39 is 30.3 Å². The standard InChI is InChI=1S/C27H31N3O6/c1-3-12-28-13-14-29(24(31)16-30-25(32)17-36-18-26(30)33)22(27(28)34)15-19-8-4-5-9-20(19)21-10-6-7-11-23(21)35-2/h4-11,22H,3,12-18H2,1-2H3/t22-/m0/s1. The molecule has 4 amide bonds. The monoisotopic (exact) mass is 493 g/mol. The highest BCUT2D eigenvalue weighted by atomic mass is 16.5. The van der Waals surface area contributed by atoms with E-state index in [9.17, 15) is 19.2 Å². The maximum absolute atomic E-state index is 13.6. The molecule has 0 N–H and O–H groups in total. The number of ether oxygens (including phenoxy) is 2. The summed E-state index contributed by atoms with van der Waals surface area (Å²) in [4.78, 5) is 55.5. The molecular formula is C27H31N3O6. The molecule has 2 saturated heterocycles. The SMILES string of the molecule is CCCN1CCN(C(=O)CN2C(=O)COCC2=O)[C@@H](Cc2ccccc2-c2ccccc2OC)C1=O. The van der Waals surface area contributed by atoms with Crippen molar-refractivity contribution in [3.05, 3.63) is 54.1 Å². The normalized spacial score (nSPS) is 18.6. The molecule has 0 saturated carbocycles. The van der Waals surface area contributed by atoms with Crippen LogP contribution in [0.25, 0.3) is 11.1 Å². The van der Waals surface area contributed by atoms with Gasteiger partial charge in [0.25, 0.3) is 11.8 Å². The fourth-order valence-corrected chi connectivity index (χ4v) is 4.79. The Balaban J connectivity index is 1.65. The first kappa shape index (κ1) is 25.4. The van der Waals surface area contributed by atoms with Gasteiger partial charge in [0.05, 0.1) is 7.11 Å². The molecule has 0 spiro atoms. The van der Waals surface area contributed by atoms with Crippen LogP contribution < -0.4 is 4.74 Å². The van der Waals surface area contributed by atoms with E-state index in [2.05, 4.69) is 0 Å². The highest BCUT2D eigenvalue weighted by Crippen LogP contribution is 2.33. The van der Waals surface area contributed by atoms with Crippen LogP contribution in [0.2, 0.25) is 0 Å². The van der Waals surface area contributed by atoms with Crippen molar-refractivity contribution < 1.29 is 28.7 Å². The zero-order chi connectivity index (χ0) is 25.7. The molecule has 36 heavy (non-hydrogen) atoms. The Morgan fingerprint density at radius 1 is 0.972 bits per heavy atom. The molecule has 0 aliphatic carbocycles. The van der Waals surface area contributed by atoms with Gasteiger partial charge in [-0.3, -0.25) is 24.1 Å². The molecular weight excluding hydrogens is 462 g/mol. The summed E-state index contributed by atoms with van der Waals surface area (Å²) in [6.07, 6.45) is 1.10. The van der Waals surface area contributed by atoms with Gasteiger partial charge in [-0.05, 0) is 23.6 Å². The van der Waals surface area contributed by atoms with Crippen LogP contribution in [0.15, 0.2) is 48.5 Å². The number of methoxy groups -OCH3 is 1. The van der Waals surface area contributed by atoms with Crippen LogP contribution in [0, 0.1) is 0 Å². The lowest BCUT2D eigenvalue weighted by molar-refractivity contribution is -0.163. The Kier molecular flexibility index (Phi) is 8.00. The van der Waals surface area contributed by atoms with Crippen LogP contribution in [-0.4, -0.2) is 90.9 Å². The zero-order valence-corrected chi connectivity index (χ0v) is 20.6. The predicted molar refractivity (Wildman–Crippen MR) is 132 cm³/mol. The molecule has 9 heteroatoms. The highest BCUT2D eigenvalue weighted by Gasteiger charge is 2.39. The summed E-state index contributed by atoms with van der Waals surface area (Å²) in [5.41, 5.74) is 2.71. The second-order valence-electron chi connectivity index (χ2n) is 8.86. The van der Waals surface area contributed by atoms with Crippen LogP contribution in [-0.2, 0) is 30.3 Å². The van der Waals surface area contributed by atoms with Gasteiger partial charge < -0.3 is 19.3 Å². The Morgan fingerprint density at radius 2 is 1.64 bits per heavy atom. The van der Waals surface area contributed by atoms with Crippen LogP contribution in [0.4, 0.5) is 0 Å². The predicted octanol–water partition coefficient (Wildman–Crippen LogP) is 1.74. The summed E-state index contributed by atoms with van der Waals surface area (Å²) in [5.74, 6) is -0.944. The van der Waals surface area contributed by atoms with Crippen LogP contribution in [0.5, 0.6) is 5.75 Å². The lowest BCUT2D eigenvalue weighted by Gasteiger charge is -2.41. The minimum absolute atomic E-state index is 0.133. The van der Waals surface area contributed by atoms with Crippen molar-refractivity contribution in [3.8, 4) is 16.9 Å². The van der Waals surface area contributed by atoms with Crippen molar-refractivity contribution in [1.82, 2.24) is 14.7 Å². The average molecular weight is 494 g/mol. The van der Waals surface area contributed by atoms with Crippen LogP contribution >= 0.6 is 0 Å². The third-order valence-corrected chi connectivity index (χ3v) is 6.57. The largest absolute Gasteiger partial charge is 0.496 e. The van der Waals surface area contributed by atoms with Crippen molar-refractivity contribution in [2.75, 3.05) is 46.5 Å². The number of carbonyl (C=O) groups is 4. The second kappa shape index (κ2) is 11.3. The molecule has 0 unspecified atom stereocenters. The lowest BCUT2D eigenvalue weighted by atomic mass is 9.92. The van der Waals surface area contributed by atoms with Crippen molar-refractivity contribution in [1.29, 1.82) is 0 Å². The first-order chi connectivity index (χ1) is 17.4. The summed E-state index contributed by atoms with van der Waals surface area (Å²) in [5, 5.41) is 0. The van der Waals surface area contributed by atoms with E-state index in [4.69, 9.17) is 9.47 Å². The Bertz CT molecular complexity index is 1130. The van der Waals surface area contributed by atoms with E-state index in [0.29, 0.717) is 31.8 Å². The van der Waals surface area contributed by atoms with E-state index in [1.54, 1.807) is 12.0 Å². The van der Waals surface area contributed by atoms with Gasteiger partial charge in [0.2, 0.25) is 11.8 Å². The molecule has 2 aromatic carbocycles. The third-order valence-electron chi connectivity index (χ3n) is 6.57. The van der Waals surface area contributed by atoms with Crippen molar-refractivity contribution in [3.63, 3.8) is 0 Å². The zero-order valence-electron chi connectivity index (χ0n) is 20.6. The lowest BCUT2D eigenvalue weighted by Crippen LogP contribution is -2.61. The summed E-state index contributed by atoms with van der Waals surface area (Å²) >= 11 is 0. The number of carbonyl (C=O) groups excluding carboxylic acids is 4. The Hall–Kier alpha value is -3.72. The Labute approximate surface area is 210 Å². The van der Waals surface area contributed by atoms with Gasteiger partial charge in [-0.1, -0.05) is 49.4 Å². The van der Waals surface area contributed by atoms with Crippen molar-refractivity contribution in [2.45, 2.75) is 25.8 Å². The summed E-state index contributed by atoms with van der Waals surface area (Å²) in [7, 11) is 1.61. The molecule has 2 heterocycles.